The lowest BCUT2D eigenvalue weighted by Crippen LogP contribution is -2.55. The lowest BCUT2D eigenvalue weighted by Gasteiger charge is -2.31. The summed E-state index contributed by atoms with van der Waals surface area (Å²) in [6, 6.07) is 10.1. The number of nitrogens with one attached hydrogen (secondary N) is 4. The summed E-state index contributed by atoms with van der Waals surface area (Å²) < 4.78 is 0. The zero-order valence-electron chi connectivity index (χ0n) is 28.7. The number of benzene rings is 2. The topological polar surface area (TPSA) is 140 Å². The van der Waals surface area contributed by atoms with E-state index in [9.17, 15) is 24.6 Å². The monoisotopic (exact) mass is 626 g/mol. The second-order valence-corrected chi connectivity index (χ2v) is 13.5. The lowest BCUT2D eigenvalue weighted by atomic mass is 9.88. The zero-order valence-corrected chi connectivity index (χ0v) is 28.7. The molecule has 0 saturated carbocycles. The Balaban J connectivity index is 2.18. The molecule has 9 nitrogen and oxygen atoms in total. The van der Waals surface area contributed by atoms with Crippen LogP contribution in [0, 0.1) is 24.7 Å². The van der Waals surface area contributed by atoms with Crippen LogP contribution in [0.5, 0.6) is 0 Å². The highest BCUT2D eigenvalue weighted by atomic mass is 16.3. The Hall–Kier alpha value is -3.17. The normalized spacial score (nSPS) is 15.6. The molecule has 0 heterocycles. The quantitative estimate of drug-likeness (QED) is 0.129. The Morgan fingerprint density at radius 3 is 2.11 bits per heavy atom. The van der Waals surface area contributed by atoms with E-state index in [1.165, 1.54) is 0 Å². The van der Waals surface area contributed by atoms with Crippen molar-refractivity contribution in [1.29, 1.82) is 0 Å². The first-order valence-electron chi connectivity index (χ1n) is 16.7. The molecule has 3 unspecified atom stereocenters. The number of aliphatic hydroxyl groups is 2. The van der Waals surface area contributed by atoms with E-state index in [0.717, 1.165) is 34.9 Å². The van der Waals surface area contributed by atoms with E-state index in [-0.39, 0.29) is 42.4 Å². The molecule has 6 atom stereocenters. The van der Waals surface area contributed by atoms with Gasteiger partial charge in [-0.15, -0.1) is 0 Å². The van der Waals surface area contributed by atoms with Crippen molar-refractivity contribution >= 4 is 34.2 Å². The standard InChI is InChI=1S/C36H58N4O5/c1-9-10-15-30(39-34(43)26(8)38-33-24(6)16-17-27-13-11-12-14-29(27)33)36(45)40-31(18-22(2)3)32(42)20-28(19-25(7)41)35(44)37-21-23(4)5/h11-14,16-17,22-23,25-26,28,30-32,38,41-42H,9-10,15,18-21H2,1-8H3,(H,37,44)(H,39,43)(H,40,45)/t25?,26?,28?,30-,31-,32-/m0/s1. The fraction of sp³-hybridized carbons (Fsp3) is 0.639. The molecule has 9 heteroatoms. The number of rotatable bonds is 19. The predicted octanol–water partition coefficient (Wildman–Crippen LogP) is 5.06. The molecule has 0 fully saturated rings. The summed E-state index contributed by atoms with van der Waals surface area (Å²) in [6.45, 7) is 16.0. The number of anilines is 1. The third-order valence-corrected chi connectivity index (χ3v) is 8.10. The van der Waals surface area contributed by atoms with Crippen molar-refractivity contribution in [3.63, 3.8) is 0 Å². The van der Waals surface area contributed by atoms with Crippen molar-refractivity contribution in [3.8, 4) is 0 Å². The maximum Gasteiger partial charge on any atom is 0.242 e. The Labute approximate surface area is 270 Å². The van der Waals surface area contributed by atoms with Crippen molar-refractivity contribution in [3.05, 3.63) is 42.0 Å². The molecular formula is C36H58N4O5. The number of aryl methyl sites for hydroxylation is 1. The van der Waals surface area contributed by atoms with E-state index in [4.69, 9.17) is 0 Å². The van der Waals surface area contributed by atoms with Gasteiger partial charge in [0.05, 0.1) is 18.2 Å². The number of hydrogen-bond donors (Lipinski definition) is 6. The highest BCUT2D eigenvalue weighted by Gasteiger charge is 2.32. The minimum absolute atomic E-state index is 0.101. The van der Waals surface area contributed by atoms with Crippen LogP contribution in [0.4, 0.5) is 5.69 Å². The third kappa shape index (κ3) is 12.6. The fourth-order valence-corrected chi connectivity index (χ4v) is 5.56. The van der Waals surface area contributed by atoms with Crippen LogP contribution in [0.3, 0.4) is 0 Å². The summed E-state index contributed by atoms with van der Waals surface area (Å²) in [5.41, 5.74) is 1.90. The molecular weight excluding hydrogens is 568 g/mol. The van der Waals surface area contributed by atoms with Crippen LogP contribution in [-0.4, -0.2) is 64.8 Å². The van der Waals surface area contributed by atoms with Gasteiger partial charge in [-0.1, -0.05) is 83.9 Å². The summed E-state index contributed by atoms with van der Waals surface area (Å²) in [6.07, 6.45) is 1.13. The number of amides is 3. The van der Waals surface area contributed by atoms with E-state index in [0.29, 0.717) is 19.4 Å². The van der Waals surface area contributed by atoms with Gasteiger partial charge in [0.1, 0.15) is 12.1 Å². The first kappa shape index (κ1) is 38.0. The highest BCUT2D eigenvalue weighted by molar-refractivity contribution is 5.98. The van der Waals surface area contributed by atoms with Gasteiger partial charge in [0.15, 0.2) is 0 Å². The van der Waals surface area contributed by atoms with Crippen molar-refractivity contribution in [2.75, 3.05) is 11.9 Å². The van der Waals surface area contributed by atoms with E-state index in [1.807, 2.05) is 71.9 Å². The maximum atomic E-state index is 13.7. The van der Waals surface area contributed by atoms with Crippen LogP contribution in [0.1, 0.15) is 92.6 Å². The van der Waals surface area contributed by atoms with E-state index >= 15 is 0 Å². The molecule has 2 rings (SSSR count). The van der Waals surface area contributed by atoms with Gasteiger partial charge in [0.2, 0.25) is 17.7 Å². The average Bonchev–Trinajstić information content (AvgIpc) is 2.97. The van der Waals surface area contributed by atoms with Gasteiger partial charge in [-0.2, -0.15) is 0 Å². The van der Waals surface area contributed by atoms with Crippen LogP contribution in [0.15, 0.2) is 36.4 Å². The molecule has 0 aliphatic rings. The van der Waals surface area contributed by atoms with Crippen LogP contribution in [0.2, 0.25) is 0 Å². The molecule has 0 radical (unpaired) electrons. The minimum atomic E-state index is -1.01. The molecule has 0 aromatic heterocycles. The Morgan fingerprint density at radius 2 is 1.49 bits per heavy atom. The Morgan fingerprint density at radius 1 is 0.800 bits per heavy atom. The summed E-state index contributed by atoms with van der Waals surface area (Å²) in [4.78, 5) is 40.1. The predicted molar refractivity (Wildman–Crippen MR) is 183 cm³/mol. The third-order valence-electron chi connectivity index (χ3n) is 8.10. The molecule has 2 aromatic rings. The summed E-state index contributed by atoms with van der Waals surface area (Å²) >= 11 is 0. The molecule has 3 amide bonds. The van der Waals surface area contributed by atoms with Crippen molar-refractivity contribution in [1.82, 2.24) is 16.0 Å². The van der Waals surface area contributed by atoms with Gasteiger partial charge in [-0.05, 0) is 69.2 Å². The Bertz CT molecular complexity index is 1230. The molecule has 2 aromatic carbocycles. The van der Waals surface area contributed by atoms with Crippen LogP contribution in [0.25, 0.3) is 10.8 Å². The zero-order chi connectivity index (χ0) is 33.7. The first-order chi connectivity index (χ1) is 21.2. The molecule has 252 valence electrons. The second kappa shape index (κ2) is 18.7. The van der Waals surface area contributed by atoms with Crippen molar-refractivity contribution in [2.45, 2.75) is 124 Å². The summed E-state index contributed by atoms with van der Waals surface area (Å²) in [7, 11) is 0. The minimum Gasteiger partial charge on any atom is -0.393 e. The van der Waals surface area contributed by atoms with E-state index in [2.05, 4.69) is 27.3 Å². The van der Waals surface area contributed by atoms with Gasteiger partial charge >= 0.3 is 0 Å². The van der Waals surface area contributed by atoms with Crippen LogP contribution < -0.4 is 21.3 Å². The molecule has 0 aliphatic heterocycles. The number of carbonyl (C=O) groups excluding carboxylic acids is 3. The first-order valence-corrected chi connectivity index (χ1v) is 16.7. The van der Waals surface area contributed by atoms with Crippen molar-refractivity contribution < 1.29 is 24.6 Å². The smallest absolute Gasteiger partial charge is 0.242 e. The van der Waals surface area contributed by atoms with Crippen LogP contribution in [-0.2, 0) is 14.4 Å². The average molecular weight is 627 g/mol. The molecule has 0 saturated heterocycles. The maximum absolute atomic E-state index is 13.7. The molecule has 0 spiro atoms. The van der Waals surface area contributed by atoms with E-state index < -0.39 is 36.3 Å². The lowest BCUT2D eigenvalue weighted by molar-refractivity contribution is -0.131. The largest absolute Gasteiger partial charge is 0.393 e. The molecule has 0 aliphatic carbocycles. The van der Waals surface area contributed by atoms with Crippen molar-refractivity contribution in [2.24, 2.45) is 17.8 Å². The fourth-order valence-electron chi connectivity index (χ4n) is 5.56. The Kier molecular flexibility index (Phi) is 15.8. The molecule has 45 heavy (non-hydrogen) atoms. The second-order valence-electron chi connectivity index (χ2n) is 13.5. The number of unbranched alkanes of at least 4 members (excludes halogenated alkanes) is 1. The molecule has 6 N–H and O–H groups in total. The van der Waals surface area contributed by atoms with E-state index in [1.54, 1.807) is 13.8 Å². The summed E-state index contributed by atoms with van der Waals surface area (Å²) in [5, 5.41) is 35.7. The SMILES string of the molecule is CCCC[C@H](NC(=O)C(C)Nc1c(C)ccc2ccccc12)C(=O)N[C@@H](CC(C)C)[C@@H](O)CC(CC(C)O)C(=O)NCC(C)C. The summed E-state index contributed by atoms with van der Waals surface area (Å²) in [5.74, 6) is -1.04. The number of aliphatic hydroxyl groups excluding tert-OH is 2. The molecule has 0 bridgehead atoms. The van der Waals surface area contributed by atoms with Gasteiger partial charge in [-0.25, -0.2) is 0 Å². The number of carbonyl (C=O) groups is 3. The van der Waals surface area contributed by atoms with Gasteiger partial charge in [0.25, 0.3) is 0 Å². The van der Waals surface area contributed by atoms with Gasteiger partial charge in [0, 0.05) is 23.5 Å². The highest BCUT2D eigenvalue weighted by Crippen LogP contribution is 2.28. The van der Waals surface area contributed by atoms with Gasteiger partial charge < -0.3 is 31.5 Å². The number of hydrogen-bond acceptors (Lipinski definition) is 6. The van der Waals surface area contributed by atoms with Gasteiger partial charge in [-0.3, -0.25) is 14.4 Å². The van der Waals surface area contributed by atoms with Crippen LogP contribution >= 0.6 is 0 Å². The number of fused-ring (bicyclic) bond motifs is 1.